The molecule has 84 valence electrons. The summed E-state index contributed by atoms with van der Waals surface area (Å²) in [4.78, 5) is 4.13. The molecule has 2 rings (SSSR count). The minimum Gasteiger partial charge on any atom is -0.316 e. The molecule has 0 saturated carbocycles. The van der Waals surface area contributed by atoms with Gasteiger partial charge in [0.25, 0.3) is 0 Å². The predicted molar refractivity (Wildman–Crippen MR) is 68.8 cm³/mol. The molecule has 0 unspecified atom stereocenters. The minimum atomic E-state index is 0. The lowest BCUT2D eigenvalue weighted by Gasteiger charge is -2.03. The first-order chi connectivity index (χ1) is 6.47. The van der Waals surface area contributed by atoms with Gasteiger partial charge in [-0.05, 0) is 43.1 Å². The van der Waals surface area contributed by atoms with Crippen LogP contribution in [0.5, 0.6) is 0 Å². The second-order valence-electron chi connectivity index (χ2n) is 3.26. The number of hydrogen-bond donors (Lipinski definition) is 1. The lowest BCUT2D eigenvalue weighted by molar-refractivity contribution is 0.718. The van der Waals surface area contributed by atoms with E-state index in [1.807, 2.05) is 18.5 Å². The van der Waals surface area contributed by atoms with Crippen molar-refractivity contribution in [2.45, 2.75) is 12.8 Å². The quantitative estimate of drug-likeness (QED) is 0.825. The number of nitrogens with one attached hydrogen (secondary N) is 1. The zero-order valence-corrected chi connectivity index (χ0v) is 10.1. The second-order valence-corrected chi connectivity index (χ2v) is 3.26. The lowest BCUT2D eigenvalue weighted by Crippen LogP contribution is -2.13. The summed E-state index contributed by atoms with van der Waals surface area (Å²) in [7, 11) is 0. The summed E-state index contributed by atoms with van der Waals surface area (Å²) in [5.74, 6) is 0. The van der Waals surface area contributed by atoms with Crippen LogP contribution in [0.25, 0.3) is 5.57 Å². The van der Waals surface area contributed by atoms with E-state index in [4.69, 9.17) is 0 Å². The summed E-state index contributed by atoms with van der Waals surface area (Å²) in [6, 6.07) is 4.12. The maximum Gasteiger partial charge on any atom is 0.0342 e. The van der Waals surface area contributed by atoms with Crippen LogP contribution >= 0.6 is 24.8 Å². The Labute approximate surface area is 103 Å². The van der Waals surface area contributed by atoms with Crippen LogP contribution in [0.3, 0.4) is 0 Å². The molecular formula is C11H16Cl2N2. The number of rotatable bonds is 1. The summed E-state index contributed by atoms with van der Waals surface area (Å²) in [5.41, 5.74) is 2.70. The highest BCUT2D eigenvalue weighted by Crippen LogP contribution is 2.18. The zero-order chi connectivity index (χ0) is 8.93. The molecule has 15 heavy (non-hydrogen) atoms. The van der Waals surface area contributed by atoms with Crippen molar-refractivity contribution < 1.29 is 0 Å². The Balaban J connectivity index is 0.000000980. The van der Waals surface area contributed by atoms with E-state index in [-0.39, 0.29) is 24.8 Å². The highest BCUT2D eigenvalue weighted by Gasteiger charge is 2.03. The number of aromatic nitrogens is 1. The van der Waals surface area contributed by atoms with Gasteiger partial charge in [-0.15, -0.1) is 24.8 Å². The van der Waals surface area contributed by atoms with Gasteiger partial charge < -0.3 is 5.32 Å². The second kappa shape index (κ2) is 7.69. The first kappa shape index (κ1) is 14.4. The number of halogens is 2. The molecule has 1 aromatic rings. The van der Waals surface area contributed by atoms with Gasteiger partial charge in [0.1, 0.15) is 0 Å². The lowest BCUT2D eigenvalue weighted by atomic mass is 10.0. The van der Waals surface area contributed by atoms with Crippen molar-refractivity contribution in [1.29, 1.82) is 0 Å². The molecule has 0 saturated heterocycles. The van der Waals surface area contributed by atoms with Gasteiger partial charge in [0.2, 0.25) is 0 Å². The van der Waals surface area contributed by atoms with Crippen molar-refractivity contribution in [3.8, 4) is 0 Å². The topological polar surface area (TPSA) is 24.9 Å². The summed E-state index contributed by atoms with van der Waals surface area (Å²) in [5, 5.41) is 3.37. The monoisotopic (exact) mass is 246 g/mol. The normalized spacial score (nSPS) is 15.3. The van der Waals surface area contributed by atoms with Crippen molar-refractivity contribution in [3.63, 3.8) is 0 Å². The molecule has 4 heteroatoms. The molecule has 2 heterocycles. The Kier molecular flexibility index (Phi) is 7.39. The van der Waals surface area contributed by atoms with Gasteiger partial charge >= 0.3 is 0 Å². The van der Waals surface area contributed by atoms with Crippen molar-refractivity contribution in [2.24, 2.45) is 0 Å². The van der Waals surface area contributed by atoms with Crippen LogP contribution in [0.1, 0.15) is 18.4 Å². The SMILES string of the molecule is C1=C(c2cccnc2)CCNCC1.Cl.Cl. The zero-order valence-electron chi connectivity index (χ0n) is 8.48. The fourth-order valence-corrected chi connectivity index (χ4v) is 1.61. The van der Waals surface area contributed by atoms with E-state index in [9.17, 15) is 0 Å². The predicted octanol–water partition coefficient (Wildman–Crippen LogP) is 2.69. The van der Waals surface area contributed by atoms with Gasteiger partial charge in [0.15, 0.2) is 0 Å². The summed E-state index contributed by atoms with van der Waals surface area (Å²) in [6.45, 7) is 2.19. The van der Waals surface area contributed by atoms with E-state index in [0.717, 1.165) is 25.9 Å². The van der Waals surface area contributed by atoms with Gasteiger partial charge in [-0.2, -0.15) is 0 Å². The van der Waals surface area contributed by atoms with Crippen molar-refractivity contribution >= 4 is 30.4 Å². The van der Waals surface area contributed by atoms with E-state index in [0.29, 0.717) is 0 Å². The standard InChI is InChI=1S/C11H14N2.2ClH/c1-3-10(5-8-12-6-1)11-4-2-7-13-9-11;;/h2-4,7,9,12H,1,5-6,8H2;2*1H. The molecule has 0 spiro atoms. The molecule has 1 N–H and O–H groups in total. The molecule has 0 bridgehead atoms. The average molecular weight is 247 g/mol. The van der Waals surface area contributed by atoms with Gasteiger partial charge in [-0.1, -0.05) is 12.1 Å². The van der Waals surface area contributed by atoms with E-state index in [1.54, 1.807) is 0 Å². The van der Waals surface area contributed by atoms with Gasteiger partial charge in [-0.3, -0.25) is 4.98 Å². The van der Waals surface area contributed by atoms with Crippen LogP contribution in [0.2, 0.25) is 0 Å². The van der Waals surface area contributed by atoms with Crippen LogP contribution in [0.15, 0.2) is 30.6 Å². The summed E-state index contributed by atoms with van der Waals surface area (Å²) < 4.78 is 0. The summed E-state index contributed by atoms with van der Waals surface area (Å²) >= 11 is 0. The van der Waals surface area contributed by atoms with Crippen LogP contribution in [0.4, 0.5) is 0 Å². The maximum atomic E-state index is 4.13. The molecule has 0 amide bonds. The van der Waals surface area contributed by atoms with E-state index >= 15 is 0 Å². The first-order valence-electron chi connectivity index (χ1n) is 4.77. The Hall–Kier alpha value is -0.570. The molecule has 0 radical (unpaired) electrons. The molecule has 0 atom stereocenters. The van der Waals surface area contributed by atoms with Crippen LogP contribution in [0, 0.1) is 0 Å². The third-order valence-corrected chi connectivity index (χ3v) is 2.32. The Bertz CT molecular complexity index is 299. The third kappa shape index (κ3) is 4.20. The van der Waals surface area contributed by atoms with Crippen molar-refractivity contribution in [3.05, 3.63) is 36.2 Å². The molecule has 0 fully saturated rings. The highest BCUT2D eigenvalue weighted by atomic mass is 35.5. The molecule has 0 aromatic carbocycles. The van der Waals surface area contributed by atoms with Gasteiger partial charge in [-0.25, -0.2) is 0 Å². The van der Waals surface area contributed by atoms with Crippen molar-refractivity contribution in [2.75, 3.05) is 13.1 Å². The van der Waals surface area contributed by atoms with E-state index in [2.05, 4.69) is 22.4 Å². The number of hydrogen-bond acceptors (Lipinski definition) is 2. The smallest absolute Gasteiger partial charge is 0.0342 e. The third-order valence-electron chi connectivity index (χ3n) is 2.32. The summed E-state index contributed by atoms with van der Waals surface area (Å²) in [6.07, 6.45) is 8.32. The fourth-order valence-electron chi connectivity index (χ4n) is 1.61. The van der Waals surface area contributed by atoms with Gasteiger partial charge in [0.05, 0.1) is 0 Å². The Morgan fingerprint density at radius 1 is 1.20 bits per heavy atom. The maximum absolute atomic E-state index is 4.13. The van der Waals surface area contributed by atoms with Gasteiger partial charge in [0, 0.05) is 12.4 Å². The average Bonchev–Trinajstić information content (AvgIpc) is 2.47. The van der Waals surface area contributed by atoms with E-state index in [1.165, 1.54) is 11.1 Å². The molecule has 0 aliphatic carbocycles. The van der Waals surface area contributed by atoms with Crippen LogP contribution in [-0.4, -0.2) is 18.1 Å². The molecule has 2 nitrogen and oxygen atoms in total. The number of pyridine rings is 1. The molecule has 1 aliphatic heterocycles. The fraction of sp³-hybridized carbons (Fsp3) is 0.364. The minimum absolute atomic E-state index is 0. The van der Waals surface area contributed by atoms with Crippen LogP contribution in [-0.2, 0) is 0 Å². The van der Waals surface area contributed by atoms with Crippen LogP contribution < -0.4 is 5.32 Å². The highest BCUT2D eigenvalue weighted by molar-refractivity contribution is 5.85. The van der Waals surface area contributed by atoms with E-state index < -0.39 is 0 Å². The molecule has 1 aliphatic rings. The molecular weight excluding hydrogens is 231 g/mol. The Morgan fingerprint density at radius 2 is 2.07 bits per heavy atom. The largest absolute Gasteiger partial charge is 0.316 e. The first-order valence-corrected chi connectivity index (χ1v) is 4.77. The van der Waals surface area contributed by atoms with Crippen molar-refractivity contribution in [1.82, 2.24) is 10.3 Å². The molecule has 1 aromatic heterocycles. The number of nitrogens with zero attached hydrogens (tertiary/aromatic N) is 1. The Morgan fingerprint density at radius 3 is 2.80 bits per heavy atom.